The smallest absolute Gasteiger partial charge is 0.344 e. The maximum atomic E-state index is 12.1. The predicted molar refractivity (Wildman–Crippen MR) is 105 cm³/mol. The standard InChI is InChI=1S/C23H20O5/c1-26-23(25)19-11-7-8-17(14-19)15-28-22(24)16-27-21-13-6-5-12-20(21)18-9-3-2-4-10-18/h2-14H,15-16H2,1H3. The number of carbonyl (C=O) groups is 2. The minimum Gasteiger partial charge on any atom is -0.481 e. The van der Waals surface area contributed by atoms with Crippen LogP contribution in [-0.4, -0.2) is 25.7 Å². The van der Waals surface area contributed by atoms with Gasteiger partial charge in [0, 0.05) is 5.56 Å². The zero-order valence-electron chi connectivity index (χ0n) is 15.5. The lowest BCUT2D eigenvalue weighted by molar-refractivity contribution is -0.147. The van der Waals surface area contributed by atoms with Gasteiger partial charge in [-0.2, -0.15) is 0 Å². The summed E-state index contributed by atoms with van der Waals surface area (Å²) in [6, 6.07) is 24.1. The van der Waals surface area contributed by atoms with Crippen LogP contribution in [0.1, 0.15) is 15.9 Å². The topological polar surface area (TPSA) is 61.8 Å². The molecule has 0 spiro atoms. The fourth-order valence-corrected chi connectivity index (χ4v) is 2.70. The van der Waals surface area contributed by atoms with E-state index in [1.807, 2.05) is 54.6 Å². The van der Waals surface area contributed by atoms with E-state index in [0.717, 1.165) is 11.1 Å². The number of carbonyl (C=O) groups excluding carboxylic acids is 2. The molecule has 0 aliphatic carbocycles. The van der Waals surface area contributed by atoms with Crippen molar-refractivity contribution in [2.24, 2.45) is 0 Å². The van der Waals surface area contributed by atoms with Crippen LogP contribution in [0.4, 0.5) is 0 Å². The van der Waals surface area contributed by atoms with Gasteiger partial charge in [0.1, 0.15) is 12.4 Å². The summed E-state index contributed by atoms with van der Waals surface area (Å²) in [6.07, 6.45) is 0. The van der Waals surface area contributed by atoms with Crippen molar-refractivity contribution in [3.63, 3.8) is 0 Å². The van der Waals surface area contributed by atoms with Crippen LogP contribution in [-0.2, 0) is 20.9 Å². The lowest BCUT2D eigenvalue weighted by Crippen LogP contribution is -2.15. The van der Waals surface area contributed by atoms with E-state index in [9.17, 15) is 9.59 Å². The normalized spacial score (nSPS) is 10.2. The van der Waals surface area contributed by atoms with E-state index >= 15 is 0 Å². The first-order valence-electron chi connectivity index (χ1n) is 8.77. The number of hydrogen-bond donors (Lipinski definition) is 0. The number of rotatable bonds is 7. The highest BCUT2D eigenvalue weighted by Gasteiger charge is 2.10. The van der Waals surface area contributed by atoms with Gasteiger partial charge in [-0.1, -0.05) is 60.7 Å². The molecule has 5 nitrogen and oxygen atoms in total. The molecular formula is C23H20O5. The van der Waals surface area contributed by atoms with Crippen LogP contribution in [0.15, 0.2) is 78.9 Å². The first kappa shape index (κ1) is 19.2. The SMILES string of the molecule is COC(=O)c1cccc(COC(=O)COc2ccccc2-c2ccccc2)c1. The lowest BCUT2D eigenvalue weighted by Gasteiger charge is -2.11. The maximum absolute atomic E-state index is 12.1. The maximum Gasteiger partial charge on any atom is 0.344 e. The summed E-state index contributed by atoms with van der Waals surface area (Å²) in [6.45, 7) is -0.159. The van der Waals surface area contributed by atoms with Gasteiger partial charge >= 0.3 is 11.9 Å². The van der Waals surface area contributed by atoms with E-state index < -0.39 is 11.9 Å². The summed E-state index contributed by atoms with van der Waals surface area (Å²) in [5, 5.41) is 0. The van der Waals surface area contributed by atoms with Gasteiger partial charge in [-0.05, 0) is 29.3 Å². The van der Waals surface area contributed by atoms with Crippen molar-refractivity contribution < 1.29 is 23.8 Å². The molecule has 0 aliphatic heterocycles. The Balaban J connectivity index is 1.58. The molecule has 5 heteroatoms. The molecule has 0 fully saturated rings. The summed E-state index contributed by atoms with van der Waals surface area (Å²) in [4.78, 5) is 23.6. The van der Waals surface area contributed by atoms with Crippen LogP contribution in [0.3, 0.4) is 0 Å². The number of para-hydroxylation sites is 1. The average Bonchev–Trinajstić information content (AvgIpc) is 2.76. The first-order valence-corrected chi connectivity index (χ1v) is 8.77. The van der Waals surface area contributed by atoms with Gasteiger partial charge in [0.25, 0.3) is 0 Å². The molecule has 3 aromatic rings. The second-order valence-electron chi connectivity index (χ2n) is 6.00. The largest absolute Gasteiger partial charge is 0.481 e. The number of esters is 2. The Bertz CT molecular complexity index is 950. The summed E-state index contributed by atoms with van der Waals surface area (Å²) >= 11 is 0. The molecule has 3 aromatic carbocycles. The minimum atomic E-state index is -0.494. The highest BCUT2D eigenvalue weighted by molar-refractivity contribution is 5.89. The second kappa shape index (κ2) is 9.37. The van der Waals surface area contributed by atoms with Crippen LogP contribution in [0.5, 0.6) is 5.75 Å². The molecular weight excluding hydrogens is 356 g/mol. The first-order chi connectivity index (χ1) is 13.7. The van der Waals surface area contributed by atoms with E-state index in [1.165, 1.54) is 7.11 Å². The Hall–Kier alpha value is -3.60. The van der Waals surface area contributed by atoms with Crippen molar-refractivity contribution >= 4 is 11.9 Å². The predicted octanol–water partition coefficient (Wildman–Crippen LogP) is 4.26. The third-order valence-corrected chi connectivity index (χ3v) is 4.07. The van der Waals surface area contributed by atoms with E-state index in [4.69, 9.17) is 9.47 Å². The third-order valence-electron chi connectivity index (χ3n) is 4.07. The molecule has 0 atom stereocenters. The van der Waals surface area contributed by atoms with Crippen LogP contribution < -0.4 is 4.74 Å². The molecule has 0 aromatic heterocycles. The van der Waals surface area contributed by atoms with Crippen LogP contribution in [0.25, 0.3) is 11.1 Å². The van der Waals surface area contributed by atoms with E-state index in [2.05, 4.69) is 4.74 Å². The highest BCUT2D eigenvalue weighted by Crippen LogP contribution is 2.29. The van der Waals surface area contributed by atoms with Crippen molar-refractivity contribution in [2.45, 2.75) is 6.61 Å². The molecule has 0 heterocycles. The van der Waals surface area contributed by atoms with Crippen molar-refractivity contribution in [1.29, 1.82) is 0 Å². The molecule has 3 rings (SSSR count). The molecule has 142 valence electrons. The molecule has 28 heavy (non-hydrogen) atoms. The van der Waals surface area contributed by atoms with E-state index in [1.54, 1.807) is 24.3 Å². The minimum absolute atomic E-state index is 0.0490. The molecule has 0 unspecified atom stereocenters. The average molecular weight is 376 g/mol. The number of methoxy groups -OCH3 is 1. The molecule has 0 saturated heterocycles. The Morgan fingerprint density at radius 3 is 2.39 bits per heavy atom. The molecule has 0 saturated carbocycles. The van der Waals surface area contributed by atoms with Gasteiger partial charge < -0.3 is 14.2 Å². The molecule has 0 amide bonds. The fourth-order valence-electron chi connectivity index (χ4n) is 2.70. The van der Waals surface area contributed by atoms with Crippen molar-refractivity contribution in [1.82, 2.24) is 0 Å². The summed E-state index contributed by atoms with van der Waals surface area (Å²) in [5.74, 6) is -0.321. The molecule has 0 N–H and O–H groups in total. The van der Waals surface area contributed by atoms with Gasteiger partial charge in [0.2, 0.25) is 0 Å². The Morgan fingerprint density at radius 1 is 0.857 bits per heavy atom. The monoisotopic (exact) mass is 376 g/mol. The Labute approximate surface area is 163 Å². The van der Waals surface area contributed by atoms with Gasteiger partial charge in [0.15, 0.2) is 6.61 Å². The van der Waals surface area contributed by atoms with Gasteiger partial charge in [0.05, 0.1) is 12.7 Å². The molecule has 0 radical (unpaired) electrons. The summed E-state index contributed by atoms with van der Waals surface area (Å²) < 4.78 is 15.6. The van der Waals surface area contributed by atoms with Gasteiger partial charge in [-0.3, -0.25) is 0 Å². The van der Waals surface area contributed by atoms with Crippen molar-refractivity contribution in [3.05, 3.63) is 90.0 Å². The Morgan fingerprint density at radius 2 is 1.61 bits per heavy atom. The van der Waals surface area contributed by atoms with Crippen molar-refractivity contribution in [2.75, 3.05) is 13.7 Å². The molecule has 0 aliphatic rings. The summed E-state index contributed by atoms with van der Waals surface area (Å²) in [5.41, 5.74) is 3.01. The van der Waals surface area contributed by atoms with Gasteiger partial charge in [-0.25, -0.2) is 9.59 Å². The molecule has 0 bridgehead atoms. The quantitative estimate of drug-likeness (QED) is 0.577. The van der Waals surface area contributed by atoms with Crippen LogP contribution >= 0.6 is 0 Å². The zero-order chi connectivity index (χ0) is 19.8. The van der Waals surface area contributed by atoms with Gasteiger partial charge in [-0.15, -0.1) is 0 Å². The van der Waals surface area contributed by atoms with E-state index in [-0.39, 0.29) is 13.2 Å². The lowest BCUT2D eigenvalue weighted by atomic mass is 10.1. The summed E-state index contributed by atoms with van der Waals surface area (Å²) in [7, 11) is 1.32. The highest BCUT2D eigenvalue weighted by atomic mass is 16.6. The van der Waals surface area contributed by atoms with Crippen molar-refractivity contribution in [3.8, 4) is 16.9 Å². The number of ether oxygens (including phenoxy) is 3. The zero-order valence-corrected chi connectivity index (χ0v) is 15.5. The third kappa shape index (κ3) is 4.98. The van der Waals surface area contributed by atoms with Crippen LogP contribution in [0, 0.1) is 0 Å². The van der Waals surface area contributed by atoms with Crippen LogP contribution in [0.2, 0.25) is 0 Å². The number of benzene rings is 3. The second-order valence-corrected chi connectivity index (χ2v) is 6.00. The Kier molecular flexibility index (Phi) is 6.41. The number of hydrogen-bond acceptors (Lipinski definition) is 5. The van der Waals surface area contributed by atoms with E-state index in [0.29, 0.717) is 16.9 Å². The fraction of sp³-hybridized carbons (Fsp3) is 0.130.